The van der Waals surface area contributed by atoms with Crippen molar-refractivity contribution in [1.29, 1.82) is 0 Å². The molecule has 0 spiro atoms. The summed E-state index contributed by atoms with van der Waals surface area (Å²) >= 11 is 0. The molecule has 0 bridgehead atoms. The SMILES string of the molecule is C[C@H](c1ccc(-c2nccn2C)cn1)[C@@](O)(Cn1cncn1)c1ccc(F)cc1F. The number of nitrogens with zero attached hydrogens (tertiary/aromatic N) is 6. The smallest absolute Gasteiger partial charge is 0.141 e. The van der Waals surface area contributed by atoms with E-state index in [1.807, 2.05) is 23.9 Å². The van der Waals surface area contributed by atoms with Gasteiger partial charge in [0.2, 0.25) is 0 Å². The van der Waals surface area contributed by atoms with E-state index in [2.05, 4.69) is 20.1 Å². The molecule has 9 heteroatoms. The molecule has 0 aliphatic rings. The van der Waals surface area contributed by atoms with Crippen LogP contribution < -0.4 is 0 Å². The second-order valence-electron chi connectivity index (χ2n) is 7.20. The molecule has 0 radical (unpaired) electrons. The third-order valence-corrected chi connectivity index (χ3v) is 5.29. The molecule has 0 saturated carbocycles. The molecule has 2 atom stereocenters. The van der Waals surface area contributed by atoms with Gasteiger partial charge in [-0.25, -0.2) is 23.4 Å². The Kier molecular flexibility index (Phi) is 5.13. The van der Waals surface area contributed by atoms with Crippen LogP contribution in [0.1, 0.15) is 24.1 Å². The summed E-state index contributed by atoms with van der Waals surface area (Å²) < 4.78 is 31.4. The van der Waals surface area contributed by atoms with E-state index in [4.69, 9.17) is 0 Å². The lowest BCUT2D eigenvalue weighted by Gasteiger charge is -2.34. The van der Waals surface area contributed by atoms with Crippen molar-refractivity contribution < 1.29 is 13.9 Å². The summed E-state index contributed by atoms with van der Waals surface area (Å²) in [6, 6.07) is 6.74. The molecule has 0 saturated heterocycles. The summed E-state index contributed by atoms with van der Waals surface area (Å²) in [5, 5.41) is 15.7. The Hall–Kier alpha value is -3.46. The maximum absolute atomic E-state index is 14.7. The number of aliphatic hydroxyl groups is 1. The highest BCUT2D eigenvalue weighted by atomic mass is 19.1. The van der Waals surface area contributed by atoms with Crippen molar-refractivity contribution in [3.8, 4) is 11.4 Å². The number of pyridine rings is 1. The van der Waals surface area contributed by atoms with Crippen molar-refractivity contribution >= 4 is 0 Å². The van der Waals surface area contributed by atoms with E-state index in [9.17, 15) is 13.9 Å². The van der Waals surface area contributed by atoms with Gasteiger partial charge in [-0.2, -0.15) is 5.10 Å². The summed E-state index contributed by atoms with van der Waals surface area (Å²) in [5.41, 5.74) is -0.434. The molecule has 0 amide bonds. The van der Waals surface area contributed by atoms with Gasteiger partial charge in [-0.1, -0.05) is 13.0 Å². The number of aryl methyl sites for hydroxylation is 1. The van der Waals surface area contributed by atoms with Crippen molar-refractivity contribution in [3.05, 3.63) is 84.5 Å². The predicted molar refractivity (Wildman–Crippen MR) is 105 cm³/mol. The topological polar surface area (TPSA) is 81.6 Å². The Morgan fingerprint density at radius 2 is 2.00 bits per heavy atom. The van der Waals surface area contributed by atoms with Crippen molar-refractivity contribution in [3.63, 3.8) is 0 Å². The molecule has 0 aliphatic carbocycles. The van der Waals surface area contributed by atoms with Gasteiger partial charge in [0.05, 0.1) is 6.54 Å². The van der Waals surface area contributed by atoms with Gasteiger partial charge in [0.25, 0.3) is 0 Å². The number of benzene rings is 1. The summed E-state index contributed by atoms with van der Waals surface area (Å²) in [6.45, 7) is 1.65. The number of hydrogen-bond donors (Lipinski definition) is 1. The highest BCUT2D eigenvalue weighted by Crippen LogP contribution is 2.39. The minimum absolute atomic E-state index is 0.0399. The number of hydrogen-bond acceptors (Lipinski definition) is 5. The molecule has 3 aromatic heterocycles. The van der Waals surface area contributed by atoms with E-state index in [1.54, 1.807) is 25.4 Å². The van der Waals surface area contributed by atoms with Crippen LogP contribution in [-0.4, -0.2) is 34.4 Å². The van der Waals surface area contributed by atoms with Crippen LogP contribution in [0.4, 0.5) is 8.78 Å². The normalized spacial score (nSPS) is 14.4. The lowest BCUT2D eigenvalue weighted by Crippen LogP contribution is -2.38. The average molecular weight is 410 g/mol. The van der Waals surface area contributed by atoms with Crippen LogP contribution in [0.25, 0.3) is 11.4 Å². The van der Waals surface area contributed by atoms with Crippen LogP contribution in [0.3, 0.4) is 0 Å². The van der Waals surface area contributed by atoms with Crippen LogP contribution in [0, 0.1) is 11.6 Å². The third-order valence-electron chi connectivity index (χ3n) is 5.29. The Morgan fingerprint density at radius 3 is 2.60 bits per heavy atom. The van der Waals surface area contributed by atoms with Crippen molar-refractivity contribution in [2.75, 3.05) is 0 Å². The van der Waals surface area contributed by atoms with Gasteiger partial charge in [-0.3, -0.25) is 4.98 Å². The summed E-state index contributed by atoms with van der Waals surface area (Å²) in [6.07, 6.45) is 7.94. The fourth-order valence-corrected chi connectivity index (χ4v) is 3.54. The minimum atomic E-state index is -1.75. The first-order valence-corrected chi connectivity index (χ1v) is 9.32. The minimum Gasteiger partial charge on any atom is -0.382 e. The monoisotopic (exact) mass is 410 g/mol. The highest BCUT2D eigenvalue weighted by molar-refractivity contribution is 5.54. The van der Waals surface area contributed by atoms with Gasteiger partial charge in [0.1, 0.15) is 35.7 Å². The van der Waals surface area contributed by atoms with E-state index in [0.29, 0.717) is 5.69 Å². The first-order chi connectivity index (χ1) is 14.4. The fourth-order valence-electron chi connectivity index (χ4n) is 3.54. The van der Waals surface area contributed by atoms with Gasteiger partial charge in [0.15, 0.2) is 0 Å². The lowest BCUT2D eigenvalue weighted by molar-refractivity contribution is -0.0123. The maximum Gasteiger partial charge on any atom is 0.141 e. The molecule has 4 rings (SSSR count). The summed E-state index contributed by atoms with van der Waals surface area (Å²) in [5.74, 6) is -1.44. The molecular formula is C21H20F2N6O. The molecular weight excluding hydrogens is 390 g/mol. The molecule has 4 aromatic rings. The fraction of sp³-hybridized carbons (Fsp3) is 0.238. The van der Waals surface area contributed by atoms with Crippen LogP contribution >= 0.6 is 0 Å². The Bertz CT molecular complexity index is 1140. The Morgan fingerprint density at radius 1 is 1.17 bits per heavy atom. The molecule has 7 nitrogen and oxygen atoms in total. The van der Waals surface area contributed by atoms with Crippen molar-refractivity contribution in [2.45, 2.75) is 25.0 Å². The molecule has 3 heterocycles. The average Bonchev–Trinajstić information content (AvgIpc) is 3.39. The third kappa shape index (κ3) is 3.59. The van der Waals surface area contributed by atoms with Gasteiger partial charge in [-0.15, -0.1) is 0 Å². The van der Waals surface area contributed by atoms with E-state index < -0.39 is 23.2 Å². The van der Waals surface area contributed by atoms with Crippen molar-refractivity contribution in [1.82, 2.24) is 29.3 Å². The number of rotatable bonds is 6. The summed E-state index contributed by atoms with van der Waals surface area (Å²) in [4.78, 5) is 12.7. The largest absolute Gasteiger partial charge is 0.382 e. The molecule has 30 heavy (non-hydrogen) atoms. The van der Waals surface area contributed by atoms with Gasteiger partial charge < -0.3 is 9.67 Å². The molecule has 1 N–H and O–H groups in total. The molecule has 0 fully saturated rings. The van der Waals surface area contributed by atoms with E-state index in [0.717, 1.165) is 23.5 Å². The van der Waals surface area contributed by atoms with Crippen LogP contribution in [0.5, 0.6) is 0 Å². The van der Waals surface area contributed by atoms with Gasteiger partial charge in [-0.05, 0) is 18.2 Å². The standard InChI is InChI=1S/C21H20F2N6O/c1-14(19-6-3-15(10-26-19)20-25-7-8-28(20)2)21(30,11-29-13-24-12-27-29)17-5-4-16(22)9-18(17)23/h3-10,12-14,30H,11H2,1-2H3/t14-,21+/m1/s1. The number of aromatic nitrogens is 6. The predicted octanol–water partition coefficient (Wildman–Crippen LogP) is 3.04. The zero-order chi connectivity index (χ0) is 21.3. The van der Waals surface area contributed by atoms with Gasteiger partial charge in [0, 0.05) is 54.4 Å². The Labute approximate surface area is 171 Å². The second kappa shape index (κ2) is 7.75. The molecule has 1 aromatic carbocycles. The first-order valence-electron chi connectivity index (χ1n) is 9.32. The Balaban J connectivity index is 1.74. The van der Waals surface area contributed by atoms with Crippen LogP contribution in [0.2, 0.25) is 0 Å². The lowest BCUT2D eigenvalue weighted by atomic mass is 9.79. The molecule has 154 valence electrons. The van der Waals surface area contributed by atoms with E-state index in [1.165, 1.54) is 23.4 Å². The van der Waals surface area contributed by atoms with E-state index in [-0.39, 0.29) is 12.1 Å². The molecule has 0 unspecified atom stereocenters. The number of halogens is 2. The number of imidazole rings is 1. The zero-order valence-electron chi connectivity index (χ0n) is 16.4. The van der Waals surface area contributed by atoms with E-state index >= 15 is 0 Å². The quantitative estimate of drug-likeness (QED) is 0.528. The second-order valence-corrected chi connectivity index (χ2v) is 7.20. The van der Waals surface area contributed by atoms with Crippen molar-refractivity contribution in [2.24, 2.45) is 7.05 Å². The first kappa shape index (κ1) is 19.8. The van der Waals surface area contributed by atoms with Gasteiger partial charge >= 0.3 is 0 Å². The summed E-state index contributed by atoms with van der Waals surface area (Å²) in [7, 11) is 1.88. The maximum atomic E-state index is 14.7. The molecule has 0 aliphatic heterocycles. The zero-order valence-corrected chi connectivity index (χ0v) is 16.4. The van der Waals surface area contributed by atoms with Crippen LogP contribution in [0.15, 0.2) is 61.6 Å². The highest BCUT2D eigenvalue weighted by Gasteiger charge is 2.40. The van der Waals surface area contributed by atoms with Crippen LogP contribution in [-0.2, 0) is 19.2 Å².